The number of methoxy groups -OCH3 is 1. The molecule has 8 heteroatoms. The summed E-state index contributed by atoms with van der Waals surface area (Å²) in [6.07, 6.45) is 0. The number of nitrogens with zero attached hydrogens (tertiary/aromatic N) is 2. The van der Waals surface area contributed by atoms with E-state index < -0.39 is 11.7 Å². The van der Waals surface area contributed by atoms with Gasteiger partial charge in [-0.15, -0.1) is 5.10 Å². The lowest BCUT2D eigenvalue weighted by Crippen LogP contribution is -2.14. The van der Waals surface area contributed by atoms with Crippen LogP contribution in [0, 0.1) is 5.82 Å². The number of rotatable bonds is 3. The Hall–Kier alpha value is -2.64. The Bertz CT molecular complexity index is 583. The molecule has 0 unspecified atom stereocenters. The smallest absolute Gasteiger partial charge is 0.293 e. The number of nitrogens with one attached hydrogen (secondary N) is 2. The van der Waals surface area contributed by atoms with E-state index in [1.165, 1.54) is 19.2 Å². The molecule has 1 heterocycles. The summed E-state index contributed by atoms with van der Waals surface area (Å²) in [5.74, 6) is -1.14. The first kappa shape index (κ1) is 11.8. The van der Waals surface area contributed by atoms with Crippen LogP contribution in [0.15, 0.2) is 18.2 Å². The zero-order valence-corrected chi connectivity index (χ0v) is 9.40. The first-order chi connectivity index (χ1) is 8.60. The van der Waals surface area contributed by atoms with Crippen molar-refractivity contribution in [3.05, 3.63) is 29.8 Å². The first-order valence-electron chi connectivity index (χ1n) is 4.93. The van der Waals surface area contributed by atoms with Crippen LogP contribution in [0.5, 0.6) is 5.75 Å². The fourth-order valence-corrected chi connectivity index (χ4v) is 1.31. The molecule has 7 nitrogen and oxygen atoms in total. The SMILES string of the molecule is COc1ccc(NC(=O)c2nc(N)n[nH]2)cc1F. The standard InChI is InChI=1S/C10H10FN5O2/c1-18-7-3-2-5(4-6(7)11)13-9(17)8-14-10(12)16-15-8/h2-4H,1H3,(H,13,17)(H3,12,14,15,16). The van der Waals surface area contributed by atoms with Crippen molar-refractivity contribution < 1.29 is 13.9 Å². The maximum absolute atomic E-state index is 13.4. The molecule has 0 aliphatic carbocycles. The van der Waals surface area contributed by atoms with Crippen molar-refractivity contribution in [3.8, 4) is 5.75 Å². The number of ether oxygens (including phenoxy) is 1. The van der Waals surface area contributed by atoms with Crippen LogP contribution >= 0.6 is 0 Å². The summed E-state index contributed by atoms with van der Waals surface area (Å²) in [7, 11) is 1.36. The van der Waals surface area contributed by atoms with Crippen LogP contribution in [0.2, 0.25) is 0 Å². The van der Waals surface area contributed by atoms with Crippen molar-refractivity contribution >= 4 is 17.5 Å². The molecule has 0 bridgehead atoms. The minimum atomic E-state index is -0.576. The predicted octanol–water partition coefficient (Wildman–Crippen LogP) is 0.787. The van der Waals surface area contributed by atoms with Crippen molar-refractivity contribution in [2.75, 3.05) is 18.2 Å². The van der Waals surface area contributed by atoms with E-state index in [1.54, 1.807) is 0 Å². The van der Waals surface area contributed by atoms with Crippen molar-refractivity contribution in [1.82, 2.24) is 15.2 Å². The van der Waals surface area contributed by atoms with Crippen molar-refractivity contribution in [3.63, 3.8) is 0 Å². The molecule has 0 saturated heterocycles. The summed E-state index contributed by atoms with van der Waals surface area (Å²) in [5, 5.41) is 8.30. The largest absolute Gasteiger partial charge is 0.494 e. The molecule has 0 spiro atoms. The van der Waals surface area contributed by atoms with Crippen LogP contribution in [0.3, 0.4) is 0 Å². The van der Waals surface area contributed by atoms with Crippen LogP contribution in [0.1, 0.15) is 10.6 Å². The van der Waals surface area contributed by atoms with Gasteiger partial charge in [0.05, 0.1) is 7.11 Å². The Kier molecular flexibility index (Phi) is 3.09. The lowest BCUT2D eigenvalue weighted by Gasteiger charge is -2.05. The normalized spacial score (nSPS) is 10.1. The number of anilines is 2. The number of hydrogen-bond donors (Lipinski definition) is 3. The van der Waals surface area contributed by atoms with Gasteiger partial charge in [0.25, 0.3) is 5.91 Å². The number of hydrogen-bond acceptors (Lipinski definition) is 5. The molecular formula is C10H10FN5O2. The Labute approximate surface area is 101 Å². The summed E-state index contributed by atoms with van der Waals surface area (Å²) in [6.45, 7) is 0. The van der Waals surface area contributed by atoms with Crippen LogP contribution in [0.25, 0.3) is 0 Å². The van der Waals surface area contributed by atoms with Gasteiger partial charge < -0.3 is 15.8 Å². The summed E-state index contributed by atoms with van der Waals surface area (Å²) in [6, 6.07) is 4.04. The average molecular weight is 251 g/mol. The van der Waals surface area contributed by atoms with E-state index in [2.05, 4.69) is 20.5 Å². The van der Waals surface area contributed by atoms with Gasteiger partial charge in [-0.05, 0) is 12.1 Å². The number of amides is 1. The molecular weight excluding hydrogens is 241 g/mol. The molecule has 1 aromatic heterocycles. The van der Waals surface area contributed by atoms with E-state index in [-0.39, 0.29) is 23.2 Å². The molecule has 0 fully saturated rings. The highest BCUT2D eigenvalue weighted by molar-refractivity contribution is 6.01. The molecule has 4 N–H and O–H groups in total. The molecule has 0 saturated carbocycles. The highest BCUT2D eigenvalue weighted by Crippen LogP contribution is 2.20. The lowest BCUT2D eigenvalue weighted by molar-refractivity contribution is 0.101. The van der Waals surface area contributed by atoms with Gasteiger partial charge in [0.15, 0.2) is 11.6 Å². The number of carbonyl (C=O) groups is 1. The molecule has 0 radical (unpaired) electrons. The van der Waals surface area contributed by atoms with Crippen molar-refractivity contribution in [2.24, 2.45) is 0 Å². The molecule has 0 atom stereocenters. The van der Waals surface area contributed by atoms with E-state index in [9.17, 15) is 9.18 Å². The molecule has 18 heavy (non-hydrogen) atoms. The summed E-state index contributed by atoms with van der Waals surface area (Å²) < 4.78 is 18.1. The van der Waals surface area contributed by atoms with Crippen molar-refractivity contribution in [1.29, 1.82) is 0 Å². The number of nitrogen functional groups attached to an aromatic ring is 1. The number of carbonyl (C=O) groups excluding carboxylic acids is 1. The minimum absolute atomic E-state index is 0.0407. The van der Waals surface area contributed by atoms with Gasteiger partial charge in [0, 0.05) is 11.8 Å². The summed E-state index contributed by atoms with van der Waals surface area (Å²) in [5.41, 5.74) is 5.53. The highest BCUT2D eigenvalue weighted by Gasteiger charge is 2.12. The minimum Gasteiger partial charge on any atom is -0.494 e. The number of halogens is 1. The second-order valence-electron chi connectivity index (χ2n) is 3.35. The molecule has 1 amide bonds. The van der Waals surface area contributed by atoms with E-state index >= 15 is 0 Å². The van der Waals surface area contributed by atoms with Gasteiger partial charge in [-0.25, -0.2) is 4.39 Å². The van der Waals surface area contributed by atoms with Gasteiger partial charge in [0.1, 0.15) is 0 Å². The maximum atomic E-state index is 13.4. The molecule has 0 aliphatic heterocycles. The average Bonchev–Trinajstić information content (AvgIpc) is 2.76. The zero-order chi connectivity index (χ0) is 13.1. The zero-order valence-electron chi connectivity index (χ0n) is 9.40. The summed E-state index contributed by atoms with van der Waals surface area (Å²) >= 11 is 0. The number of benzene rings is 1. The fourth-order valence-electron chi connectivity index (χ4n) is 1.31. The van der Waals surface area contributed by atoms with E-state index in [1.807, 2.05) is 0 Å². The van der Waals surface area contributed by atoms with E-state index in [0.29, 0.717) is 0 Å². The Balaban J connectivity index is 2.14. The first-order valence-corrected chi connectivity index (χ1v) is 4.93. The Morgan fingerprint density at radius 3 is 2.89 bits per heavy atom. The van der Waals surface area contributed by atoms with Crippen LogP contribution in [-0.2, 0) is 0 Å². The van der Waals surface area contributed by atoms with Gasteiger partial charge in [-0.2, -0.15) is 4.98 Å². The molecule has 1 aromatic carbocycles. The number of H-pyrrole nitrogens is 1. The van der Waals surface area contributed by atoms with Crippen molar-refractivity contribution in [2.45, 2.75) is 0 Å². The van der Waals surface area contributed by atoms with Gasteiger partial charge in [0.2, 0.25) is 11.8 Å². The predicted molar refractivity (Wildman–Crippen MR) is 61.7 cm³/mol. The van der Waals surface area contributed by atoms with Gasteiger partial charge in [-0.3, -0.25) is 9.89 Å². The van der Waals surface area contributed by atoms with E-state index in [0.717, 1.165) is 6.07 Å². The van der Waals surface area contributed by atoms with Crippen LogP contribution in [0.4, 0.5) is 16.0 Å². The molecule has 2 rings (SSSR count). The second kappa shape index (κ2) is 4.70. The van der Waals surface area contributed by atoms with Gasteiger partial charge in [-0.1, -0.05) is 0 Å². The lowest BCUT2D eigenvalue weighted by atomic mass is 10.3. The second-order valence-corrected chi connectivity index (χ2v) is 3.35. The topological polar surface area (TPSA) is 106 Å². The molecule has 94 valence electrons. The Morgan fingerprint density at radius 2 is 2.33 bits per heavy atom. The third kappa shape index (κ3) is 2.37. The number of aromatic amines is 1. The van der Waals surface area contributed by atoms with Crippen LogP contribution in [-0.4, -0.2) is 28.2 Å². The quantitative estimate of drug-likeness (QED) is 0.747. The number of aromatic nitrogens is 3. The fraction of sp³-hybridized carbons (Fsp3) is 0.100. The maximum Gasteiger partial charge on any atom is 0.293 e. The van der Waals surface area contributed by atoms with E-state index in [4.69, 9.17) is 10.5 Å². The van der Waals surface area contributed by atoms with Crippen LogP contribution < -0.4 is 15.8 Å². The summed E-state index contributed by atoms with van der Waals surface area (Å²) in [4.78, 5) is 15.3. The monoisotopic (exact) mass is 251 g/mol. The third-order valence-corrected chi connectivity index (χ3v) is 2.13. The third-order valence-electron chi connectivity index (χ3n) is 2.13. The number of nitrogens with two attached hydrogens (primary N) is 1. The molecule has 0 aliphatic rings. The Morgan fingerprint density at radius 1 is 1.56 bits per heavy atom. The molecule has 2 aromatic rings. The van der Waals surface area contributed by atoms with Gasteiger partial charge >= 0.3 is 0 Å². The highest BCUT2D eigenvalue weighted by atomic mass is 19.1.